The zero-order valence-corrected chi connectivity index (χ0v) is 17.0. The number of piperidine rings is 1. The molecule has 154 valence electrons. The van der Waals surface area contributed by atoms with Gasteiger partial charge in [-0.25, -0.2) is 21.2 Å². The van der Waals surface area contributed by atoms with Gasteiger partial charge in [0.25, 0.3) is 5.91 Å². The minimum Gasteiger partial charge on any atom is -0.337 e. The number of halogens is 1. The summed E-state index contributed by atoms with van der Waals surface area (Å²) in [5.74, 6) is -1.21. The highest BCUT2D eigenvalue weighted by Gasteiger charge is 2.49. The second-order valence-electron chi connectivity index (χ2n) is 7.87. The lowest BCUT2D eigenvalue weighted by Gasteiger charge is -2.37. The van der Waals surface area contributed by atoms with E-state index in [1.54, 1.807) is 11.0 Å². The molecule has 0 aliphatic carbocycles. The van der Waals surface area contributed by atoms with Gasteiger partial charge in [0.05, 0.1) is 16.8 Å². The summed E-state index contributed by atoms with van der Waals surface area (Å²) in [4.78, 5) is 14.3. The van der Waals surface area contributed by atoms with Crippen LogP contribution >= 0.6 is 0 Å². The normalized spacial score (nSPS) is 30.3. The van der Waals surface area contributed by atoms with Gasteiger partial charge < -0.3 is 4.90 Å². The monoisotopic (exact) mass is 430 g/mol. The Labute approximate surface area is 164 Å². The third-order valence-electron chi connectivity index (χ3n) is 6.03. The molecule has 3 fully saturated rings. The first-order valence-electron chi connectivity index (χ1n) is 9.43. The molecule has 0 spiro atoms. The summed E-state index contributed by atoms with van der Waals surface area (Å²) >= 11 is 0. The van der Waals surface area contributed by atoms with Crippen LogP contribution in [0.5, 0.6) is 0 Å². The van der Waals surface area contributed by atoms with Crippen LogP contribution in [-0.2, 0) is 19.9 Å². The van der Waals surface area contributed by atoms with Crippen molar-refractivity contribution in [3.63, 3.8) is 0 Å². The molecule has 3 atom stereocenters. The van der Waals surface area contributed by atoms with Crippen molar-refractivity contribution < 1.29 is 26.0 Å². The molecule has 0 saturated carbocycles. The molecule has 1 aromatic rings. The number of nitrogens with zero attached hydrogens (tertiary/aromatic N) is 2. The Bertz CT molecular complexity index is 995. The van der Waals surface area contributed by atoms with Crippen LogP contribution < -0.4 is 0 Å². The first kappa shape index (κ1) is 19.8. The van der Waals surface area contributed by atoms with E-state index >= 15 is 0 Å². The Kier molecular flexibility index (Phi) is 4.99. The van der Waals surface area contributed by atoms with Crippen LogP contribution in [-0.4, -0.2) is 74.4 Å². The van der Waals surface area contributed by atoms with E-state index < -0.39 is 30.9 Å². The molecule has 10 heteroatoms. The Morgan fingerprint density at radius 1 is 1.18 bits per heavy atom. The second-order valence-corrected chi connectivity index (χ2v) is 12.3. The SMILES string of the molecule is O=C(c1cccc(F)c1)N1C[C@H]2CCCN(S(=O)(=O)C3CCS(=O)(=O)C3)[C@H]2C1. The Morgan fingerprint density at radius 2 is 1.96 bits per heavy atom. The number of hydrogen-bond acceptors (Lipinski definition) is 5. The molecule has 4 rings (SSSR count). The van der Waals surface area contributed by atoms with Crippen LogP contribution in [0.25, 0.3) is 0 Å². The fourth-order valence-electron chi connectivity index (χ4n) is 4.61. The van der Waals surface area contributed by atoms with E-state index in [2.05, 4.69) is 0 Å². The number of likely N-dealkylation sites (tertiary alicyclic amines) is 1. The van der Waals surface area contributed by atoms with Crippen LogP contribution in [0.4, 0.5) is 4.39 Å². The van der Waals surface area contributed by atoms with E-state index in [-0.39, 0.29) is 47.9 Å². The maximum atomic E-state index is 13.5. The molecular weight excluding hydrogens is 407 g/mol. The highest BCUT2D eigenvalue weighted by Crippen LogP contribution is 2.35. The largest absolute Gasteiger partial charge is 0.337 e. The van der Waals surface area contributed by atoms with Crippen molar-refractivity contribution >= 4 is 25.8 Å². The van der Waals surface area contributed by atoms with E-state index in [1.165, 1.54) is 22.5 Å². The Hall–Kier alpha value is -1.52. The minimum absolute atomic E-state index is 0.0130. The van der Waals surface area contributed by atoms with Crippen LogP contribution in [0, 0.1) is 11.7 Å². The van der Waals surface area contributed by atoms with Gasteiger partial charge in [-0.05, 0) is 43.4 Å². The number of sulfone groups is 1. The third-order valence-corrected chi connectivity index (χ3v) is 10.4. The smallest absolute Gasteiger partial charge is 0.254 e. The van der Waals surface area contributed by atoms with Gasteiger partial charge in [0.1, 0.15) is 5.82 Å². The van der Waals surface area contributed by atoms with Crippen molar-refractivity contribution in [3.05, 3.63) is 35.6 Å². The van der Waals surface area contributed by atoms with E-state index in [4.69, 9.17) is 0 Å². The van der Waals surface area contributed by atoms with Crippen molar-refractivity contribution in [2.45, 2.75) is 30.6 Å². The number of benzene rings is 1. The van der Waals surface area contributed by atoms with Crippen LogP contribution in [0.2, 0.25) is 0 Å². The molecule has 7 nitrogen and oxygen atoms in total. The van der Waals surface area contributed by atoms with Gasteiger partial charge in [-0.3, -0.25) is 4.79 Å². The summed E-state index contributed by atoms with van der Waals surface area (Å²) in [7, 11) is -7.06. The molecule has 0 N–H and O–H groups in total. The first-order chi connectivity index (χ1) is 13.2. The molecule has 28 heavy (non-hydrogen) atoms. The zero-order chi connectivity index (χ0) is 20.1. The number of carbonyl (C=O) groups is 1. The van der Waals surface area contributed by atoms with E-state index in [9.17, 15) is 26.0 Å². The Balaban J connectivity index is 1.54. The highest BCUT2D eigenvalue weighted by molar-refractivity contribution is 7.95. The van der Waals surface area contributed by atoms with E-state index in [0.29, 0.717) is 19.5 Å². The molecule has 3 aliphatic heterocycles. The van der Waals surface area contributed by atoms with Crippen molar-refractivity contribution in [2.24, 2.45) is 5.92 Å². The van der Waals surface area contributed by atoms with Crippen molar-refractivity contribution in [3.8, 4) is 0 Å². The average Bonchev–Trinajstić information content (AvgIpc) is 3.24. The van der Waals surface area contributed by atoms with E-state index in [1.807, 2.05) is 0 Å². The summed E-state index contributed by atoms with van der Waals surface area (Å²) in [6.07, 6.45) is 1.62. The average molecular weight is 431 g/mol. The van der Waals surface area contributed by atoms with Crippen LogP contribution in [0.1, 0.15) is 29.6 Å². The summed E-state index contributed by atoms with van der Waals surface area (Å²) in [6.45, 7) is 1.02. The summed E-state index contributed by atoms with van der Waals surface area (Å²) in [6, 6.07) is 5.13. The standard InChI is InChI=1S/C18H23FN2O5S2/c19-15-5-1-3-13(9-15)18(22)20-10-14-4-2-7-21(17(14)11-20)28(25,26)16-6-8-27(23,24)12-16/h1,3,5,9,14,16-17H,2,4,6-8,10-12H2/t14-,16?,17+/m1/s1. The maximum absolute atomic E-state index is 13.5. The predicted octanol–water partition coefficient (Wildman–Crippen LogP) is 0.879. The molecule has 1 amide bonds. The topological polar surface area (TPSA) is 91.8 Å². The fourth-order valence-corrected chi connectivity index (χ4v) is 9.41. The second kappa shape index (κ2) is 7.07. The summed E-state index contributed by atoms with van der Waals surface area (Å²) in [5, 5.41) is -0.899. The van der Waals surface area contributed by atoms with Gasteiger partial charge in [0.2, 0.25) is 10.0 Å². The predicted molar refractivity (Wildman–Crippen MR) is 102 cm³/mol. The number of sulfonamides is 1. The summed E-state index contributed by atoms with van der Waals surface area (Å²) in [5.41, 5.74) is 0.245. The summed E-state index contributed by atoms with van der Waals surface area (Å²) < 4.78 is 64.6. The fraction of sp³-hybridized carbons (Fsp3) is 0.611. The maximum Gasteiger partial charge on any atom is 0.254 e. The van der Waals surface area contributed by atoms with E-state index in [0.717, 1.165) is 6.42 Å². The lowest BCUT2D eigenvalue weighted by atomic mass is 9.94. The van der Waals surface area contributed by atoms with Gasteiger partial charge in [0, 0.05) is 31.2 Å². The molecule has 1 aromatic carbocycles. The number of carbonyl (C=O) groups excluding carboxylic acids is 1. The number of rotatable bonds is 3. The number of hydrogen-bond donors (Lipinski definition) is 0. The number of amides is 1. The van der Waals surface area contributed by atoms with Gasteiger partial charge in [0.15, 0.2) is 9.84 Å². The molecule has 3 aliphatic rings. The van der Waals surface area contributed by atoms with Crippen molar-refractivity contribution in [1.82, 2.24) is 9.21 Å². The lowest BCUT2D eigenvalue weighted by Crippen LogP contribution is -2.51. The minimum atomic E-state index is -3.75. The first-order valence-corrected chi connectivity index (χ1v) is 12.8. The number of fused-ring (bicyclic) bond motifs is 1. The lowest BCUT2D eigenvalue weighted by molar-refractivity contribution is 0.0783. The van der Waals surface area contributed by atoms with Gasteiger partial charge >= 0.3 is 0 Å². The molecule has 0 aromatic heterocycles. The van der Waals surface area contributed by atoms with Gasteiger partial charge in [-0.1, -0.05) is 6.07 Å². The van der Waals surface area contributed by atoms with Gasteiger partial charge in [-0.2, -0.15) is 4.31 Å². The molecule has 3 saturated heterocycles. The molecule has 0 bridgehead atoms. The zero-order valence-electron chi connectivity index (χ0n) is 15.3. The van der Waals surface area contributed by atoms with Crippen molar-refractivity contribution in [2.75, 3.05) is 31.1 Å². The van der Waals surface area contributed by atoms with Gasteiger partial charge in [-0.15, -0.1) is 0 Å². The quantitative estimate of drug-likeness (QED) is 0.710. The van der Waals surface area contributed by atoms with Crippen LogP contribution in [0.15, 0.2) is 24.3 Å². The Morgan fingerprint density at radius 3 is 2.64 bits per heavy atom. The van der Waals surface area contributed by atoms with Crippen LogP contribution in [0.3, 0.4) is 0 Å². The molecule has 3 heterocycles. The molecule has 1 unspecified atom stereocenters. The third kappa shape index (κ3) is 3.57. The highest BCUT2D eigenvalue weighted by atomic mass is 32.2. The van der Waals surface area contributed by atoms with Crippen molar-refractivity contribution in [1.29, 1.82) is 0 Å². The molecular formula is C18H23FN2O5S2. The molecule has 0 radical (unpaired) electrons.